The summed E-state index contributed by atoms with van der Waals surface area (Å²) in [5, 5.41) is 0.757. The number of fused-ring (bicyclic) bond motifs is 1. The van der Waals surface area contributed by atoms with Crippen molar-refractivity contribution in [2.45, 2.75) is 45.8 Å². The molecule has 2 heterocycles. The molecule has 1 aliphatic heterocycles. The molecule has 0 saturated carbocycles. The summed E-state index contributed by atoms with van der Waals surface area (Å²) in [6.07, 6.45) is 3.95. The van der Waals surface area contributed by atoms with Gasteiger partial charge in [-0.15, -0.1) is 0 Å². The zero-order valence-corrected chi connectivity index (χ0v) is 17.0. The van der Waals surface area contributed by atoms with Gasteiger partial charge in [0.1, 0.15) is 6.10 Å². The Bertz CT molecular complexity index is 1070. The van der Waals surface area contributed by atoms with Gasteiger partial charge in [0, 0.05) is 31.2 Å². The van der Waals surface area contributed by atoms with E-state index < -0.39 is 5.82 Å². The Labute approximate surface area is 170 Å². The summed E-state index contributed by atoms with van der Waals surface area (Å²) < 4.78 is 21.2. The number of aryl methyl sites for hydroxylation is 2. The smallest absolute Gasteiger partial charge is 0.255 e. The highest BCUT2D eigenvalue weighted by Gasteiger charge is 2.23. The third kappa shape index (κ3) is 4.06. The zero-order chi connectivity index (χ0) is 20.4. The highest BCUT2D eigenvalue weighted by atomic mass is 19.1. The number of hydrogen-bond acceptors (Lipinski definition) is 3. The first-order chi connectivity index (χ1) is 14.1. The fourth-order valence-corrected chi connectivity index (χ4v) is 4.13. The molecule has 3 aromatic rings. The molecular formula is C24H27FN2O2. The Kier molecular flexibility index (Phi) is 5.67. The summed E-state index contributed by atoms with van der Waals surface area (Å²) in [4.78, 5) is 17.1. The first kappa shape index (κ1) is 19.6. The van der Waals surface area contributed by atoms with Gasteiger partial charge >= 0.3 is 0 Å². The van der Waals surface area contributed by atoms with E-state index in [0.717, 1.165) is 38.0 Å². The van der Waals surface area contributed by atoms with Gasteiger partial charge in [-0.05, 0) is 55.0 Å². The van der Waals surface area contributed by atoms with Crippen molar-refractivity contribution in [1.82, 2.24) is 9.88 Å². The highest BCUT2D eigenvalue weighted by molar-refractivity contribution is 5.86. The number of piperidine rings is 1. The van der Waals surface area contributed by atoms with Crippen LogP contribution in [0.2, 0.25) is 0 Å². The molecule has 4 rings (SSSR count). The minimum Gasteiger partial charge on any atom is -0.487 e. The topological polar surface area (TPSA) is 45.3 Å². The van der Waals surface area contributed by atoms with Gasteiger partial charge < -0.3 is 9.72 Å². The third-order valence-electron chi connectivity index (χ3n) is 5.91. The fourth-order valence-electron chi connectivity index (χ4n) is 4.13. The van der Waals surface area contributed by atoms with Gasteiger partial charge in [-0.25, -0.2) is 4.39 Å². The summed E-state index contributed by atoms with van der Waals surface area (Å²) in [5.74, 6) is -0.178. The van der Waals surface area contributed by atoms with Crippen molar-refractivity contribution >= 4 is 10.8 Å². The van der Waals surface area contributed by atoms with Crippen LogP contribution in [0.5, 0.6) is 5.75 Å². The van der Waals surface area contributed by atoms with E-state index in [1.807, 2.05) is 6.92 Å². The second-order valence-electron chi connectivity index (χ2n) is 7.82. The van der Waals surface area contributed by atoms with E-state index >= 15 is 4.39 Å². The second kappa shape index (κ2) is 8.37. The molecule has 152 valence electrons. The standard InChI is InChI=1S/C24H27FN2O2/c1-3-17-14-26-24(28)20-8-9-21(23(25)22(17)20)29-19-10-12-27(13-11-19)15-18-7-5-4-6-16(18)2/h4-9,14,19H,3,10-13,15H2,1-2H3,(H,26,28). The summed E-state index contributed by atoms with van der Waals surface area (Å²) >= 11 is 0. The van der Waals surface area contributed by atoms with Gasteiger partial charge in [-0.1, -0.05) is 31.2 Å². The predicted octanol–water partition coefficient (Wildman–Crippen LogP) is 4.58. The molecule has 0 amide bonds. The molecule has 1 aromatic heterocycles. The Hall–Kier alpha value is -2.66. The van der Waals surface area contributed by atoms with Gasteiger partial charge in [0.2, 0.25) is 0 Å². The van der Waals surface area contributed by atoms with Crippen LogP contribution >= 0.6 is 0 Å². The van der Waals surface area contributed by atoms with Crippen LogP contribution < -0.4 is 10.3 Å². The molecule has 4 nitrogen and oxygen atoms in total. The number of ether oxygens (including phenoxy) is 1. The van der Waals surface area contributed by atoms with Crippen LogP contribution in [0.3, 0.4) is 0 Å². The Balaban J connectivity index is 1.46. The molecule has 1 fully saturated rings. The van der Waals surface area contributed by atoms with Crippen LogP contribution in [0.1, 0.15) is 36.5 Å². The van der Waals surface area contributed by atoms with Crippen molar-refractivity contribution in [3.63, 3.8) is 0 Å². The van der Waals surface area contributed by atoms with E-state index in [9.17, 15) is 4.79 Å². The third-order valence-corrected chi connectivity index (χ3v) is 5.91. The minimum atomic E-state index is -0.423. The van der Waals surface area contributed by atoms with Crippen molar-refractivity contribution in [1.29, 1.82) is 0 Å². The lowest BCUT2D eigenvalue weighted by atomic mass is 10.0. The molecular weight excluding hydrogens is 367 g/mol. The molecule has 0 radical (unpaired) electrons. The average Bonchev–Trinajstić information content (AvgIpc) is 2.73. The first-order valence-corrected chi connectivity index (χ1v) is 10.3. The minimum absolute atomic E-state index is 0.0119. The lowest BCUT2D eigenvalue weighted by Gasteiger charge is -2.32. The van der Waals surface area contributed by atoms with E-state index in [4.69, 9.17) is 4.74 Å². The summed E-state index contributed by atoms with van der Waals surface area (Å²) in [6.45, 7) is 6.88. The van der Waals surface area contributed by atoms with Crippen LogP contribution in [-0.4, -0.2) is 29.1 Å². The first-order valence-electron chi connectivity index (χ1n) is 10.3. The quantitative estimate of drug-likeness (QED) is 0.689. The number of nitrogens with zero attached hydrogens (tertiary/aromatic N) is 1. The number of H-pyrrole nitrogens is 1. The van der Waals surface area contributed by atoms with Crippen molar-refractivity contribution < 1.29 is 9.13 Å². The molecule has 0 atom stereocenters. The largest absolute Gasteiger partial charge is 0.487 e. The van der Waals surface area contributed by atoms with E-state index in [0.29, 0.717) is 17.2 Å². The van der Waals surface area contributed by atoms with E-state index in [-0.39, 0.29) is 17.4 Å². The number of nitrogens with one attached hydrogen (secondary N) is 1. The molecule has 0 unspecified atom stereocenters. The van der Waals surface area contributed by atoms with Crippen LogP contribution in [-0.2, 0) is 13.0 Å². The number of halogens is 1. The van der Waals surface area contributed by atoms with Crippen molar-refractivity contribution in [3.05, 3.63) is 75.5 Å². The number of aromatic amines is 1. The molecule has 0 spiro atoms. The van der Waals surface area contributed by atoms with Crippen molar-refractivity contribution in [3.8, 4) is 5.75 Å². The SMILES string of the molecule is CCc1c[nH]c(=O)c2ccc(OC3CCN(Cc4ccccc4C)CC3)c(F)c12. The maximum Gasteiger partial charge on any atom is 0.255 e. The van der Waals surface area contributed by atoms with Crippen LogP contribution in [0.25, 0.3) is 10.8 Å². The highest BCUT2D eigenvalue weighted by Crippen LogP contribution is 2.29. The number of benzene rings is 2. The Morgan fingerprint density at radius 3 is 2.62 bits per heavy atom. The molecule has 0 aliphatic carbocycles. The molecule has 0 bridgehead atoms. The van der Waals surface area contributed by atoms with Gasteiger partial charge in [0.25, 0.3) is 5.56 Å². The second-order valence-corrected chi connectivity index (χ2v) is 7.82. The molecule has 5 heteroatoms. The average molecular weight is 394 g/mol. The monoisotopic (exact) mass is 394 g/mol. The van der Waals surface area contributed by atoms with E-state index in [2.05, 4.69) is 41.1 Å². The lowest BCUT2D eigenvalue weighted by Crippen LogP contribution is -2.38. The zero-order valence-electron chi connectivity index (χ0n) is 17.0. The van der Waals surface area contributed by atoms with Crippen molar-refractivity contribution in [2.75, 3.05) is 13.1 Å². The normalized spacial score (nSPS) is 15.7. The van der Waals surface area contributed by atoms with Crippen LogP contribution in [0, 0.1) is 12.7 Å². The van der Waals surface area contributed by atoms with E-state index in [1.165, 1.54) is 11.1 Å². The number of aromatic nitrogens is 1. The van der Waals surface area contributed by atoms with E-state index in [1.54, 1.807) is 18.3 Å². The number of rotatable bonds is 5. The van der Waals surface area contributed by atoms with Crippen LogP contribution in [0.15, 0.2) is 47.4 Å². The molecule has 2 aromatic carbocycles. The lowest BCUT2D eigenvalue weighted by molar-refractivity contribution is 0.0937. The molecule has 1 N–H and O–H groups in total. The summed E-state index contributed by atoms with van der Waals surface area (Å²) in [7, 11) is 0. The predicted molar refractivity (Wildman–Crippen MR) is 114 cm³/mol. The maximum absolute atomic E-state index is 15.2. The number of pyridine rings is 1. The number of hydrogen-bond donors (Lipinski definition) is 1. The van der Waals surface area contributed by atoms with Gasteiger partial charge in [-0.3, -0.25) is 9.69 Å². The van der Waals surface area contributed by atoms with Crippen molar-refractivity contribution in [2.24, 2.45) is 0 Å². The molecule has 1 saturated heterocycles. The molecule has 29 heavy (non-hydrogen) atoms. The summed E-state index contributed by atoms with van der Waals surface area (Å²) in [6, 6.07) is 11.7. The Morgan fingerprint density at radius 2 is 1.90 bits per heavy atom. The van der Waals surface area contributed by atoms with Gasteiger partial charge in [0.15, 0.2) is 11.6 Å². The van der Waals surface area contributed by atoms with Crippen LogP contribution in [0.4, 0.5) is 4.39 Å². The van der Waals surface area contributed by atoms with Gasteiger partial charge in [0.05, 0.1) is 5.39 Å². The summed E-state index contributed by atoms with van der Waals surface area (Å²) in [5.41, 5.74) is 3.18. The number of likely N-dealkylation sites (tertiary alicyclic amines) is 1. The Morgan fingerprint density at radius 1 is 1.14 bits per heavy atom. The van der Waals surface area contributed by atoms with Gasteiger partial charge in [-0.2, -0.15) is 0 Å². The molecule has 1 aliphatic rings. The maximum atomic E-state index is 15.2. The fraction of sp³-hybridized carbons (Fsp3) is 0.375.